The lowest BCUT2D eigenvalue weighted by Crippen LogP contribution is -2.11. The minimum Gasteiger partial charge on any atom is -0.497 e. The fourth-order valence-corrected chi connectivity index (χ4v) is 1.67. The molecule has 0 heterocycles. The van der Waals surface area contributed by atoms with E-state index in [9.17, 15) is 4.79 Å². The van der Waals surface area contributed by atoms with Crippen LogP contribution in [0.2, 0.25) is 0 Å². The zero-order valence-corrected chi connectivity index (χ0v) is 10.8. The van der Waals surface area contributed by atoms with Gasteiger partial charge >= 0.3 is 0 Å². The number of hydrogen-bond donors (Lipinski definition) is 2. The smallest absolute Gasteiger partial charge is 0.255 e. The van der Waals surface area contributed by atoms with E-state index in [1.165, 1.54) is 0 Å². The number of hydrogen-bond acceptors (Lipinski definition) is 3. The molecule has 4 heteroatoms. The van der Waals surface area contributed by atoms with E-state index < -0.39 is 0 Å². The van der Waals surface area contributed by atoms with E-state index >= 15 is 0 Å². The molecule has 0 atom stereocenters. The molecule has 0 bridgehead atoms. The Morgan fingerprint density at radius 1 is 1.17 bits per heavy atom. The number of carbonyl (C=O) groups excluding carboxylic acids is 1. The molecular formula is C14H13NO2S. The molecule has 0 saturated carbocycles. The monoisotopic (exact) mass is 259 g/mol. The van der Waals surface area contributed by atoms with Gasteiger partial charge in [-0.15, -0.1) is 12.6 Å². The van der Waals surface area contributed by atoms with Crippen molar-refractivity contribution in [1.82, 2.24) is 0 Å². The highest BCUT2D eigenvalue weighted by Gasteiger charge is 2.05. The standard InChI is InChI=1S/C14H13NO2S/c1-17-12-4-2-3-11(9-12)15-14(16)10-5-7-13(18)8-6-10/h2-9,18H,1H3,(H,15,16). The molecule has 0 radical (unpaired) electrons. The first-order valence-corrected chi connectivity index (χ1v) is 5.88. The lowest BCUT2D eigenvalue weighted by molar-refractivity contribution is 0.102. The third-order valence-corrected chi connectivity index (χ3v) is 2.76. The summed E-state index contributed by atoms with van der Waals surface area (Å²) in [6.07, 6.45) is 0. The average Bonchev–Trinajstić information content (AvgIpc) is 2.39. The summed E-state index contributed by atoms with van der Waals surface area (Å²) in [5.74, 6) is 0.551. The molecule has 1 amide bonds. The Morgan fingerprint density at radius 3 is 2.56 bits per heavy atom. The van der Waals surface area contributed by atoms with Crippen LogP contribution in [-0.4, -0.2) is 13.0 Å². The number of methoxy groups -OCH3 is 1. The number of anilines is 1. The minimum atomic E-state index is -0.156. The molecule has 18 heavy (non-hydrogen) atoms. The number of rotatable bonds is 3. The van der Waals surface area contributed by atoms with Crippen LogP contribution in [0.15, 0.2) is 53.4 Å². The van der Waals surface area contributed by atoms with Gasteiger partial charge in [-0.25, -0.2) is 0 Å². The molecule has 0 saturated heterocycles. The number of nitrogens with one attached hydrogen (secondary N) is 1. The maximum absolute atomic E-state index is 11.9. The van der Waals surface area contributed by atoms with Crippen molar-refractivity contribution in [2.75, 3.05) is 12.4 Å². The summed E-state index contributed by atoms with van der Waals surface area (Å²) in [5.41, 5.74) is 1.30. The molecule has 2 aromatic rings. The van der Waals surface area contributed by atoms with Crippen molar-refractivity contribution in [3.63, 3.8) is 0 Å². The summed E-state index contributed by atoms with van der Waals surface area (Å²) in [4.78, 5) is 12.8. The summed E-state index contributed by atoms with van der Waals surface area (Å²) >= 11 is 4.18. The summed E-state index contributed by atoms with van der Waals surface area (Å²) < 4.78 is 5.10. The van der Waals surface area contributed by atoms with Gasteiger partial charge in [-0.05, 0) is 36.4 Å². The molecule has 0 aliphatic heterocycles. The SMILES string of the molecule is COc1cccc(NC(=O)c2ccc(S)cc2)c1. The molecule has 0 aliphatic rings. The second kappa shape index (κ2) is 5.60. The number of carbonyl (C=O) groups is 1. The lowest BCUT2D eigenvalue weighted by Gasteiger charge is -2.07. The topological polar surface area (TPSA) is 38.3 Å². The van der Waals surface area contributed by atoms with Crippen molar-refractivity contribution >= 4 is 24.2 Å². The van der Waals surface area contributed by atoms with Gasteiger partial charge in [0.1, 0.15) is 5.75 Å². The van der Waals surface area contributed by atoms with E-state index in [0.29, 0.717) is 17.0 Å². The van der Waals surface area contributed by atoms with Crippen LogP contribution >= 0.6 is 12.6 Å². The van der Waals surface area contributed by atoms with Crippen LogP contribution in [0.3, 0.4) is 0 Å². The number of amides is 1. The Morgan fingerprint density at radius 2 is 1.89 bits per heavy atom. The number of ether oxygens (including phenoxy) is 1. The maximum atomic E-state index is 11.9. The van der Waals surface area contributed by atoms with Gasteiger partial charge in [0, 0.05) is 22.2 Å². The minimum absolute atomic E-state index is 0.156. The summed E-state index contributed by atoms with van der Waals surface area (Å²) in [5, 5.41) is 2.81. The van der Waals surface area contributed by atoms with Gasteiger partial charge in [0.25, 0.3) is 5.91 Å². The first-order chi connectivity index (χ1) is 8.69. The van der Waals surface area contributed by atoms with Crippen molar-refractivity contribution in [3.8, 4) is 5.75 Å². The summed E-state index contributed by atoms with van der Waals surface area (Å²) in [6.45, 7) is 0. The van der Waals surface area contributed by atoms with E-state index in [1.54, 1.807) is 37.4 Å². The highest BCUT2D eigenvalue weighted by Crippen LogP contribution is 2.17. The first-order valence-electron chi connectivity index (χ1n) is 5.43. The van der Waals surface area contributed by atoms with Crippen LogP contribution < -0.4 is 10.1 Å². The largest absolute Gasteiger partial charge is 0.497 e. The van der Waals surface area contributed by atoms with Gasteiger partial charge in [-0.2, -0.15) is 0 Å². The molecule has 2 rings (SSSR count). The molecule has 0 aromatic heterocycles. The van der Waals surface area contributed by atoms with E-state index in [2.05, 4.69) is 17.9 Å². The molecule has 0 unspecified atom stereocenters. The van der Waals surface area contributed by atoms with Gasteiger partial charge in [0.15, 0.2) is 0 Å². The highest BCUT2D eigenvalue weighted by molar-refractivity contribution is 7.80. The van der Waals surface area contributed by atoms with Gasteiger partial charge in [0.05, 0.1) is 7.11 Å². The van der Waals surface area contributed by atoms with Crippen molar-refractivity contribution in [2.24, 2.45) is 0 Å². The Hall–Kier alpha value is -1.94. The van der Waals surface area contributed by atoms with Crippen LogP contribution in [-0.2, 0) is 0 Å². The fraction of sp³-hybridized carbons (Fsp3) is 0.0714. The lowest BCUT2D eigenvalue weighted by atomic mass is 10.2. The zero-order valence-electron chi connectivity index (χ0n) is 9.88. The van der Waals surface area contributed by atoms with Crippen LogP contribution in [0.4, 0.5) is 5.69 Å². The predicted molar refractivity (Wildman–Crippen MR) is 74.6 cm³/mol. The van der Waals surface area contributed by atoms with Gasteiger partial charge < -0.3 is 10.1 Å². The summed E-state index contributed by atoms with van der Waals surface area (Å²) in [6, 6.07) is 14.3. The second-order valence-corrected chi connectivity index (χ2v) is 4.25. The average molecular weight is 259 g/mol. The van der Waals surface area contributed by atoms with Crippen LogP contribution in [0.5, 0.6) is 5.75 Å². The molecule has 1 N–H and O–H groups in total. The Kier molecular flexibility index (Phi) is 3.89. The van der Waals surface area contributed by atoms with E-state index in [0.717, 1.165) is 4.90 Å². The Bertz CT molecular complexity index is 552. The van der Waals surface area contributed by atoms with Crippen LogP contribution in [0.25, 0.3) is 0 Å². The predicted octanol–water partition coefficient (Wildman–Crippen LogP) is 3.24. The molecule has 0 fully saturated rings. The molecule has 92 valence electrons. The normalized spacial score (nSPS) is 9.89. The highest BCUT2D eigenvalue weighted by atomic mass is 32.1. The quantitative estimate of drug-likeness (QED) is 0.830. The van der Waals surface area contributed by atoms with Gasteiger partial charge in [-0.3, -0.25) is 4.79 Å². The van der Waals surface area contributed by atoms with Crippen molar-refractivity contribution < 1.29 is 9.53 Å². The number of benzene rings is 2. The molecule has 0 spiro atoms. The summed E-state index contributed by atoms with van der Waals surface area (Å²) in [7, 11) is 1.59. The first kappa shape index (κ1) is 12.5. The third-order valence-electron chi connectivity index (χ3n) is 2.46. The van der Waals surface area contributed by atoms with Crippen molar-refractivity contribution in [3.05, 3.63) is 54.1 Å². The Balaban J connectivity index is 2.13. The Labute approximate surface area is 111 Å². The van der Waals surface area contributed by atoms with Crippen LogP contribution in [0.1, 0.15) is 10.4 Å². The zero-order chi connectivity index (χ0) is 13.0. The van der Waals surface area contributed by atoms with E-state index in [1.807, 2.05) is 18.2 Å². The second-order valence-electron chi connectivity index (χ2n) is 3.73. The fourth-order valence-electron chi connectivity index (χ4n) is 1.52. The number of thiol groups is 1. The van der Waals surface area contributed by atoms with E-state index in [-0.39, 0.29) is 5.91 Å². The molecular weight excluding hydrogens is 246 g/mol. The van der Waals surface area contributed by atoms with Crippen LogP contribution in [0, 0.1) is 0 Å². The van der Waals surface area contributed by atoms with Gasteiger partial charge in [0.2, 0.25) is 0 Å². The molecule has 0 aliphatic carbocycles. The van der Waals surface area contributed by atoms with Gasteiger partial charge in [-0.1, -0.05) is 6.07 Å². The molecule has 2 aromatic carbocycles. The van der Waals surface area contributed by atoms with Crippen molar-refractivity contribution in [1.29, 1.82) is 0 Å². The maximum Gasteiger partial charge on any atom is 0.255 e. The third kappa shape index (κ3) is 3.05. The van der Waals surface area contributed by atoms with Crippen molar-refractivity contribution in [2.45, 2.75) is 4.90 Å². The molecule has 3 nitrogen and oxygen atoms in total. The van der Waals surface area contributed by atoms with E-state index in [4.69, 9.17) is 4.74 Å².